The average molecular weight is 447 g/mol. The fourth-order valence-electron chi connectivity index (χ4n) is 3.31. The van der Waals surface area contributed by atoms with Gasteiger partial charge in [0.05, 0.1) is 12.0 Å². The second-order valence-electron chi connectivity index (χ2n) is 7.13. The Morgan fingerprint density at radius 2 is 1.58 bits per heavy atom. The highest BCUT2D eigenvalue weighted by atomic mass is 32.2. The summed E-state index contributed by atoms with van der Waals surface area (Å²) in [6.45, 7) is 3.26. The lowest BCUT2D eigenvalue weighted by molar-refractivity contribution is 0.0671. The molecule has 3 rings (SSSR count). The molecule has 1 heterocycles. The van der Waals surface area contributed by atoms with Crippen molar-refractivity contribution in [1.29, 1.82) is 0 Å². The van der Waals surface area contributed by atoms with Crippen LogP contribution in [0.1, 0.15) is 15.9 Å². The molecule has 1 aliphatic rings. The van der Waals surface area contributed by atoms with Crippen LogP contribution < -0.4 is 14.8 Å². The highest BCUT2D eigenvalue weighted by Crippen LogP contribution is 2.21. The van der Waals surface area contributed by atoms with Crippen LogP contribution in [0.25, 0.3) is 0 Å². The molecule has 2 aromatic carbocycles. The summed E-state index contributed by atoms with van der Waals surface area (Å²) in [5.41, 5.74) is 1.54. The number of carbonyl (C=O) groups excluding carboxylic acids is 2. The summed E-state index contributed by atoms with van der Waals surface area (Å²) in [4.78, 5) is 28.7. The van der Waals surface area contributed by atoms with Crippen LogP contribution in [-0.4, -0.2) is 70.5 Å². The standard InChI is InChI=1S/C21H26N4O5S/c1-15-4-7-17(14-19(15)31(28,29)22-2)23-21(27)25-12-10-24(11-13-25)20(26)16-5-8-18(30-3)9-6-16/h4-9,14,22H,10-13H2,1-3H3,(H,23,27). The van der Waals surface area contributed by atoms with E-state index in [1.54, 1.807) is 60.2 Å². The summed E-state index contributed by atoms with van der Waals surface area (Å²) >= 11 is 0. The number of nitrogens with zero attached hydrogens (tertiary/aromatic N) is 2. The topological polar surface area (TPSA) is 108 Å². The minimum Gasteiger partial charge on any atom is -0.497 e. The van der Waals surface area contributed by atoms with Gasteiger partial charge >= 0.3 is 6.03 Å². The smallest absolute Gasteiger partial charge is 0.321 e. The van der Waals surface area contributed by atoms with E-state index >= 15 is 0 Å². The van der Waals surface area contributed by atoms with E-state index in [0.717, 1.165) is 0 Å². The molecule has 1 aliphatic heterocycles. The average Bonchev–Trinajstić information content (AvgIpc) is 2.79. The number of rotatable bonds is 5. The zero-order valence-electron chi connectivity index (χ0n) is 17.7. The maximum atomic E-state index is 12.7. The number of urea groups is 1. The number of amides is 3. The number of ether oxygens (including phenoxy) is 1. The van der Waals surface area contributed by atoms with Gasteiger partial charge in [-0.3, -0.25) is 4.79 Å². The van der Waals surface area contributed by atoms with Crippen LogP contribution >= 0.6 is 0 Å². The first-order valence-corrected chi connectivity index (χ1v) is 11.3. The van der Waals surface area contributed by atoms with Crippen molar-refractivity contribution < 1.29 is 22.7 Å². The number of benzene rings is 2. The van der Waals surface area contributed by atoms with E-state index in [1.165, 1.54) is 13.1 Å². The number of aryl methyl sites for hydroxylation is 1. The normalized spacial score (nSPS) is 14.3. The van der Waals surface area contributed by atoms with E-state index in [1.807, 2.05) is 0 Å². The Labute approximate surface area is 182 Å². The van der Waals surface area contributed by atoms with E-state index in [4.69, 9.17) is 4.74 Å². The van der Waals surface area contributed by atoms with E-state index < -0.39 is 10.0 Å². The van der Waals surface area contributed by atoms with Gasteiger partial charge in [0.25, 0.3) is 5.91 Å². The van der Waals surface area contributed by atoms with Gasteiger partial charge < -0.3 is 19.9 Å². The molecule has 0 unspecified atom stereocenters. The summed E-state index contributed by atoms with van der Waals surface area (Å²) in [5, 5.41) is 2.74. The molecule has 31 heavy (non-hydrogen) atoms. The van der Waals surface area contributed by atoms with Crippen molar-refractivity contribution >= 4 is 27.6 Å². The summed E-state index contributed by atoms with van der Waals surface area (Å²) in [6, 6.07) is 11.3. The maximum absolute atomic E-state index is 12.7. The summed E-state index contributed by atoms with van der Waals surface area (Å²) < 4.78 is 31.7. The molecule has 0 aromatic heterocycles. The molecule has 0 aliphatic carbocycles. The second-order valence-corrected chi connectivity index (χ2v) is 8.98. The molecule has 0 saturated carbocycles. The highest BCUT2D eigenvalue weighted by Gasteiger charge is 2.25. The zero-order valence-corrected chi connectivity index (χ0v) is 18.5. The third kappa shape index (κ3) is 5.15. The molecule has 3 amide bonds. The molecule has 1 fully saturated rings. The molecule has 0 spiro atoms. The maximum Gasteiger partial charge on any atom is 0.321 e. The van der Waals surface area contributed by atoms with Gasteiger partial charge in [0.15, 0.2) is 0 Å². The number of nitrogens with one attached hydrogen (secondary N) is 2. The lowest BCUT2D eigenvalue weighted by atomic mass is 10.1. The SMILES string of the molecule is CNS(=O)(=O)c1cc(NC(=O)N2CCN(C(=O)c3ccc(OC)cc3)CC2)ccc1C. The molecule has 0 atom stereocenters. The van der Waals surface area contributed by atoms with Crippen LogP contribution in [0.4, 0.5) is 10.5 Å². The van der Waals surface area contributed by atoms with Gasteiger partial charge in [-0.05, 0) is 55.9 Å². The number of piperazine rings is 1. The van der Waals surface area contributed by atoms with Crippen molar-refractivity contribution in [3.8, 4) is 5.75 Å². The van der Waals surface area contributed by atoms with Crippen molar-refractivity contribution in [2.45, 2.75) is 11.8 Å². The van der Waals surface area contributed by atoms with Crippen LogP contribution in [0.5, 0.6) is 5.75 Å². The third-order valence-corrected chi connectivity index (χ3v) is 6.75. The van der Waals surface area contributed by atoms with E-state index in [9.17, 15) is 18.0 Å². The van der Waals surface area contributed by atoms with E-state index in [2.05, 4.69) is 10.0 Å². The highest BCUT2D eigenvalue weighted by molar-refractivity contribution is 7.89. The second kappa shape index (κ2) is 9.36. The molecule has 2 N–H and O–H groups in total. The van der Waals surface area contributed by atoms with Gasteiger partial charge in [0.2, 0.25) is 10.0 Å². The molecule has 2 aromatic rings. The van der Waals surface area contributed by atoms with Crippen LogP contribution in [0.15, 0.2) is 47.4 Å². The third-order valence-electron chi connectivity index (χ3n) is 5.19. The number of carbonyl (C=O) groups is 2. The van der Waals surface area contributed by atoms with Crippen LogP contribution in [0.3, 0.4) is 0 Å². The summed E-state index contributed by atoms with van der Waals surface area (Å²) in [7, 11) is -0.719. The quantitative estimate of drug-likeness (QED) is 0.729. The zero-order chi connectivity index (χ0) is 22.6. The minimum atomic E-state index is -3.63. The Kier molecular flexibility index (Phi) is 6.81. The predicted octanol–water partition coefficient (Wildman–Crippen LogP) is 1.90. The molecule has 9 nitrogen and oxygen atoms in total. The monoisotopic (exact) mass is 446 g/mol. The van der Waals surface area contributed by atoms with Gasteiger partial charge in [-0.2, -0.15) is 0 Å². The number of sulfonamides is 1. The number of anilines is 1. The number of hydrogen-bond donors (Lipinski definition) is 2. The fraction of sp³-hybridized carbons (Fsp3) is 0.333. The first kappa shape index (κ1) is 22.6. The van der Waals surface area contributed by atoms with Crippen molar-refractivity contribution in [1.82, 2.24) is 14.5 Å². The Balaban J connectivity index is 1.60. The molecule has 0 radical (unpaired) electrons. The predicted molar refractivity (Wildman–Crippen MR) is 117 cm³/mol. The van der Waals surface area contributed by atoms with Crippen molar-refractivity contribution in [2.75, 3.05) is 45.7 Å². The van der Waals surface area contributed by atoms with Crippen molar-refractivity contribution in [2.24, 2.45) is 0 Å². The van der Waals surface area contributed by atoms with Gasteiger partial charge in [-0.15, -0.1) is 0 Å². The van der Waals surface area contributed by atoms with Gasteiger partial charge in [0.1, 0.15) is 5.75 Å². The fourth-order valence-corrected chi connectivity index (χ4v) is 4.30. The number of hydrogen-bond acceptors (Lipinski definition) is 5. The molecule has 166 valence electrons. The number of methoxy groups -OCH3 is 1. The Hall–Kier alpha value is -3.11. The molecule has 1 saturated heterocycles. The Morgan fingerprint density at radius 3 is 2.16 bits per heavy atom. The first-order valence-electron chi connectivity index (χ1n) is 9.78. The lowest BCUT2D eigenvalue weighted by Gasteiger charge is -2.34. The summed E-state index contributed by atoms with van der Waals surface area (Å²) in [6.07, 6.45) is 0. The van der Waals surface area contributed by atoms with E-state index in [0.29, 0.717) is 48.7 Å². The molecular formula is C21H26N4O5S. The molecule has 10 heteroatoms. The largest absolute Gasteiger partial charge is 0.497 e. The molecular weight excluding hydrogens is 420 g/mol. The Bertz CT molecular complexity index is 1060. The van der Waals surface area contributed by atoms with Crippen molar-refractivity contribution in [3.05, 3.63) is 53.6 Å². The Morgan fingerprint density at radius 1 is 0.968 bits per heavy atom. The van der Waals surface area contributed by atoms with Crippen LogP contribution in [0, 0.1) is 6.92 Å². The van der Waals surface area contributed by atoms with E-state index in [-0.39, 0.29) is 16.8 Å². The minimum absolute atomic E-state index is 0.0943. The van der Waals surface area contributed by atoms with Crippen LogP contribution in [0.2, 0.25) is 0 Å². The summed E-state index contributed by atoms with van der Waals surface area (Å²) in [5.74, 6) is 0.586. The lowest BCUT2D eigenvalue weighted by Crippen LogP contribution is -2.51. The van der Waals surface area contributed by atoms with Gasteiger partial charge in [-0.25, -0.2) is 17.9 Å². The molecule has 0 bridgehead atoms. The van der Waals surface area contributed by atoms with Crippen LogP contribution in [-0.2, 0) is 10.0 Å². The van der Waals surface area contributed by atoms with Gasteiger partial charge in [0, 0.05) is 37.4 Å². The first-order chi connectivity index (χ1) is 14.7. The van der Waals surface area contributed by atoms with Gasteiger partial charge in [-0.1, -0.05) is 6.07 Å². The van der Waals surface area contributed by atoms with Crippen molar-refractivity contribution in [3.63, 3.8) is 0 Å².